The van der Waals surface area contributed by atoms with E-state index in [1.54, 1.807) is 17.4 Å². The lowest BCUT2D eigenvalue weighted by atomic mass is 10.1. The minimum atomic E-state index is 0.584. The van der Waals surface area contributed by atoms with E-state index in [-0.39, 0.29) is 0 Å². The monoisotopic (exact) mass is 239 g/mol. The van der Waals surface area contributed by atoms with Crippen molar-refractivity contribution < 1.29 is 0 Å². The summed E-state index contributed by atoms with van der Waals surface area (Å²) in [6.07, 6.45) is 0. The molecule has 3 nitrogen and oxygen atoms in total. The predicted molar refractivity (Wildman–Crippen MR) is 66.7 cm³/mol. The zero-order valence-electron chi connectivity index (χ0n) is 8.97. The van der Waals surface area contributed by atoms with Crippen LogP contribution in [0.4, 0.5) is 0 Å². The summed E-state index contributed by atoms with van der Waals surface area (Å²) in [5.74, 6) is 0. The van der Waals surface area contributed by atoms with E-state index in [4.69, 9.17) is 11.0 Å². The third-order valence-corrected chi connectivity index (χ3v) is 3.77. The lowest BCUT2D eigenvalue weighted by molar-refractivity contribution is 1.03. The van der Waals surface area contributed by atoms with E-state index >= 15 is 0 Å². The molecular weight excluding hydrogens is 230 g/mol. The van der Waals surface area contributed by atoms with Crippen LogP contribution in [-0.4, -0.2) is 0 Å². The molecule has 0 saturated carbocycles. The van der Waals surface area contributed by atoms with E-state index in [0.29, 0.717) is 12.1 Å². The van der Waals surface area contributed by atoms with Crippen molar-refractivity contribution in [2.45, 2.75) is 6.54 Å². The summed E-state index contributed by atoms with van der Waals surface area (Å²) in [6.45, 7) is 0.597. The molecule has 1 aliphatic rings. The highest BCUT2D eigenvalue weighted by Gasteiger charge is 2.12. The summed E-state index contributed by atoms with van der Waals surface area (Å²) in [4.78, 5) is 5.66. The van der Waals surface area contributed by atoms with Gasteiger partial charge in [-0.15, -0.1) is 11.3 Å². The van der Waals surface area contributed by atoms with Gasteiger partial charge < -0.3 is 5.73 Å². The molecule has 0 radical (unpaired) electrons. The number of rotatable bonds is 0. The summed E-state index contributed by atoms with van der Waals surface area (Å²) >= 11 is 1.65. The van der Waals surface area contributed by atoms with Crippen LogP contribution in [0.15, 0.2) is 34.6 Å². The van der Waals surface area contributed by atoms with Crippen molar-refractivity contribution in [3.05, 3.63) is 56.2 Å². The second-order valence-corrected chi connectivity index (χ2v) is 4.80. The van der Waals surface area contributed by atoms with Gasteiger partial charge in [-0.3, -0.25) is 4.99 Å². The second kappa shape index (κ2) is 3.72. The van der Waals surface area contributed by atoms with Gasteiger partial charge in [0.05, 0.1) is 17.5 Å². The first-order valence-corrected chi connectivity index (χ1v) is 6.09. The van der Waals surface area contributed by atoms with Crippen molar-refractivity contribution in [2.24, 2.45) is 10.7 Å². The average molecular weight is 239 g/mol. The fourth-order valence-electron chi connectivity index (χ4n) is 2.02. The molecule has 0 aliphatic carbocycles. The summed E-state index contributed by atoms with van der Waals surface area (Å²) in [6, 6.07) is 9.71. The normalized spacial score (nSPS) is 13.0. The fourth-order valence-corrected chi connectivity index (χ4v) is 2.83. The van der Waals surface area contributed by atoms with Crippen LogP contribution in [-0.2, 0) is 6.54 Å². The number of nitrogens with zero attached hydrogens (tertiary/aromatic N) is 2. The number of para-hydroxylation sites is 1. The molecule has 0 fully saturated rings. The van der Waals surface area contributed by atoms with Crippen LogP contribution in [0.5, 0.6) is 0 Å². The van der Waals surface area contributed by atoms with E-state index in [9.17, 15) is 0 Å². The Kier molecular flexibility index (Phi) is 2.20. The number of nitrogens with two attached hydrogens (primary N) is 1. The minimum absolute atomic E-state index is 0.584. The van der Waals surface area contributed by atoms with E-state index in [1.807, 2.05) is 23.6 Å². The first-order valence-electron chi connectivity index (χ1n) is 5.21. The quantitative estimate of drug-likeness (QED) is 0.741. The van der Waals surface area contributed by atoms with Gasteiger partial charge in [0, 0.05) is 21.4 Å². The van der Waals surface area contributed by atoms with E-state index < -0.39 is 0 Å². The van der Waals surface area contributed by atoms with Crippen molar-refractivity contribution in [1.29, 1.82) is 5.26 Å². The molecule has 1 aromatic carbocycles. The number of thiophene rings is 1. The van der Waals surface area contributed by atoms with Crippen molar-refractivity contribution in [3.63, 3.8) is 0 Å². The van der Waals surface area contributed by atoms with E-state index in [2.05, 4.69) is 11.1 Å². The topological polar surface area (TPSA) is 62.2 Å². The van der Waals surface area contributed by atoms with Gasteiger partial charge >= 0.3 is 0 Å². The molecular formula is C13H9N3S. The summed E-state index contributed by atoms with van der Waals surface area (Å²) in [5, 5.41) is 12.7. The smallest absolute Gasteiger partial charge is 0.101 e. The van der Waals surface area contributed by atoms with E-state index in [1.165, 1.54) is 0 Å². The second-order valence-electron chi connectivity index (χ2n) is 3.80. The highest BCUT2D eigenvalue weighted by molar-refractivity contribution is 7.10. The lowest BCUT2D eigenvalue weighted by Crippen LogP contribution is -2.31. The molecule has 2 heterocycles. The van der Waals surface area contributed by atoms with Gasteiger partial charge in [0.25, 0.3) is 0 Å². The minimum Gasteiger partial charge on any atom is -0.398 e. The standard InChI is InChI=1S/C13H9N3S/c14-6-8-2-1-3-10-12(15)9-4-5-17-11(9)7-16-13(8)10/h1-5H,7,15H2. The number of fused-ring (bicyclic) bond motifs is 2. The first-order chi connectivity index (χ1) is 8.31. The molecule has 0 atom stereocenters. The lowest BCUT2D eigenvalue weighted by Gasteiger charge is -1.99. The molecule has 0 spiro atoms. The molecule has 0 unspecified atom stereocenters. The Morgan fingerprint density at radius 1 is 1.35 bits per heavy atom. The molecule has 1 aromatic heterocycles. The van der Waals surface area contributed by atoms with Crippen LogP contribution in [0.1, 0.15) is 16.0 Å². The van der Waals surface area contributed by atoms with Crippen LogP contribution in [0, 0.1) is 11.3 Å². The van der Waals surface area contributed by atoms with Crippen molar-refractivity contribution >= 4 is 17.0 Å². The van der Waals surface area contributed by atoms with Gasteiger partial charge in [0.2, 0.25) is 0 Å². The summed E-state index contributed by atoms with van der Waals surface area (Å²) < 4.78 is 0. The third kappa shape index (κ3) is 1.44. The van der Waals surface area contributed by atoms with Crippen LogP contribution < -0.4 is 16.3 Å². The fraction of sp³-hybridized carbons (Fsp3) is 0.0769. The SMILES string of the molecule is N#Cc1cccc2c1=NCc1sccc1C=2N. The van der Waals surface area contributed by atoms with Gasteiger partial charge in [-0.1, -0.05) is 12.1 Å². The average Bonchev–Trinajstić information content (AvgIpc) is 2.78. The van der Waals surface area contributed by atoms with Crippen molar-refractivity contribution in [3.8, 4) is 6.07 Å². The van der Waals surface area contributed by atoms with Gasteiger partial charge in [-0.05, 0) is 17.5 Å². The van der Waals surface area contributed by atoms with Gasteiger partial charge in [0.15, 0.2) is 0 Å². The maximum Gasteiger partial charge on any atom is 0.101 e. The molecule has 3 rings (SSSR count). The van der Waals surface area contributed by atoms with Gasteiger partial charge in [-0.25, -0.2) is 0 Å². The Balaban J connectivity index is 2.49. The van der Waals surface area contributed by atoms with Crippen LogP contribution in [0.3, 0.4) is 0 Å². The van der Waals surface area contributed by atoms with E-state index in [0.717, 1.165) is 26.7 Å². The zero-order chi connectivity index (χ0) is 11.8. The molecule has 2 N–H and O–H groups in total. The molecule has 4 heteroatoms. The van der Waals surface area contributed by atoms with Gasteiger partial charge in [-0.2, -0.15) is 5.26 Å². The molecule has 17 heavy (non-hydrogen) atoms. The van der Waals surface area contributed by atoms with Gasteiger partial charge in [0.1, 0.15) is 6.07 Å². The number of nitriles is 1. The third-order valence-electron chi connectivity index (χ3n) is 2.86. The van der Waals surface area contributed by atoms with Crippen LogP contribution >= 0.6 is 11.3 Å². The Morgan fingerprint density at radius 3 is 3.06 bits per heavy atom. The molecule has 2 aromatic rings. The Morgan fingerprint density at radius 2 is 2.24 bits per heavy atom. The predicted octanol–water partition coefficient (Wildman–Crippen LogP) is 0.868. The number of hydrogen-bond acceptors (Lipinski definition) is 4. The van der Waals surface area contributed by atoms with Crippen LogP contribution in [0.2, 0.25) is 0 Å². The number of benzene rings is 1. The first kappa shape index (κ1) is 10.1. The Hall–Kier alpha value is -2.12. The largest absolute Gasteiger partial charge is 0.398 e. The van der Waals surface area contributed by atoms with Crippen LogP contribution in [0.25, 0.3) is 5.70 Å². The number of hydrogen-bond donors (Lipinski definition) is 1. The maximum absolute atomic E-state index is 9.08. The summed E-state index contributed by atoms with van der Waals surface area (Å²) in [5.41, 5.74) is 8.53. The highest BCUT2D eigenvalue weighted by atomic mass is 32.1. The molecule has 1 aliphatic heterocycles. The molecule has 0 saturated heterocycles. The Labute approximate surface area is 102 Å². The maximum atomic E-state index is 9.08. The molecule has 82 valence electrons. The summed E-state index contributed by atoms with van der Waals surface area (Å²) in [7, 11) is 0. The van der Waals surface area contributed by atoms with Crippen molar-refractivity contribution in [2.75, 3.05) is 0 Å². The Bertz CT molecular complexity index is 750. The highest BCUT2D eigenvalue weighted by Crippen LogP contribution is 2.21. The zero-order valence-corrected chi connectivity index (χ0v) is 9.79. The molecule has 0 bridgehead atoms. The molecule has 0 amide bonds. The van der Waals surface area contributed by atoms with Crippen molar-refractivity contribution in [1.82, 2.24) is 0 Å².